The number of carbonyl (C=O) groups excluding carboxylic acids is 2. The first kappa shape index (κ1) is 15.7. The van der Waals surface area contributed by atoms with Crippen LogP contribution in [0.3, 0.4) is 0 Å². The summed E-state index contributed by atoms with van der Waals surface area (Å²) in [5, 5.41) is 2.78. The maximum absolute atomic E-state index is 11.9. The van der Waals surface area contributed by atoms with E-state index in [0.29, 0.717) is 6.42 Å². The zero-order valence-corrected chi connectivity index (χ0v) is 11.2. The Morgan fingerprint density at radius 1 is 1.41 bits per heavy atom. The van der Waals surface area contributed by atoms with Gasteiger partial charge < -0.3 is 11.1 Å². The average Bonchev–Trinajstić information content (AvgIpc) is 2.22. The summed E-state index contributed by atoms with van der Waals surface area (Å²) in [4.78, 5) is 23.1. The van der Waals surface area contributed by atoms with Gasteiger partial charge in [-0.15, -0.1) is 6.58 Å². The fourth-order valence-corrected chi connectivity index (χ4v) is 1.39. The number of nitrogens with two attached hydrogens (primary N) is 1. The Labute approximate surface area is 104 Å². The molecule has 17 heavy (non-hydrogen) atoms. The lowest BCUT2D eigenvalue weighted by atomic mass is 9.89. The second-order valence-electron chi connectivity index (χ2n) is 5.34. The first-order valence-corrected chi connectivity index (χ1v) is 5.91. The molecule has 0 aliphatic heterocycles. The summed E-state index contributed by atoms with van der Waals surface area (Å²) in [6.45, 7) is 11.3. The van der Waals surface area contributed by atoms with E-state index in [4.69, 9.17) is 5.73 Å². The fraction of sp³-hybridized carbons (Fsp3) is 0.692. The smallest absolute Gasteiger partial charge is 0.224 e. The summed E-state index contributed by atoms with van der Waals surface area (Å²) >= 11 is 0. The molecule has 2 amide bonds. The number of rotatable bonds is 7. The number of amides is 2. The Kier molecular flexibility index (Phi) is 5.93. The van der Waals surface area contributed by atoms with Crippen molar-refractivity contribution in [2.45, 2.75) is 34.1 Å². The van der Waals surface area contributed by atoms with Crippen LogP contribution in [0.25, 0.3) is 0 Å². The van der Waals surface area contributed by atoms with Crippen molar-refractivity contribution in [3.63, 3.8) is 0 Å². The van der Waals surface area contributed by atoms with Crippen LogP contribution in [-0.4, -0.2) is 18.4 Å². The van der Waals surface area contributed by atoms with Gasteiger partial charge in [-0.2, -0.15) is 0 Å². The maximum Gasteiger partial charge on any atom is 0.224 e. The second-order valence-corrected chi connectivity index (χ2v) is 5.34. The van der Waals surface area contributed by atoms with Crippen molar-refractivity contribution < 1.29 is 9.59 Å². The summed E-state index contributed by atoms with van der Waals surface area (Å²) in [7, 11) is 0. The molecule has 4 heteroatoms. The highest BCUT2D eigenvalue weighted by Crippen LogP contribution is 2.17. The van der Waals surface area contributed by atoms with E-state index < -0.39 is 11.3 Å². The van der Waals surface area contributed by atoms with E-state index in [1.54, 1.807) is 19.9 Å². The number of hydrogen-bond donors (Lipinski definition) is 2. The Hall–Kier alpha value is -1.32. The highest BCUT2D eigenvalue weighted by molar-refractivity contribution is 5.83. The van der Waals surface area contributed by atoms with Gasteiger partial charge in [-0.3, -0.25) is 9.59 Å². The molecule has 4 nitrogen and oxygen atoms in total. The van der Waals surface area contributed by atoms with Crippen LogP contribution in [0.2, 0.25) is 0 Å². The van der Waals surface area contributed by atoms with Gasteiger partial charge in [-0.1, -0.05) is 19.9 Å². The van der Waals surface area contributed by atoms with Gasteiger partial charge in [0.25, 0.3) is 0 Å². The standard InChI is InChI=1S/C13H24N2O2/c1-6-7-10(9(2)3)11(16)15-8-13(4,5)12(14)17/h6,9-10H,1,7-8H2,2-5H3,(H2,14,17)(H,15,16)/t10-/m0/s1. The predicted octanol–water partition coefficient (Wildman–Crippen LogP) is 1.46. The van der Waals surface area contributed by atoms with Crippen molar-refractivity contribution in [3.05, 3.63) is 12.7 Å². The minimum Gasteiger partial charge on any atom is -0.369 e. The minimum atomic E-state index is -0.717. The lowest BCUT2D eigenvalue weighted by Crippen LogP contribution is -2.44. The number of nitrogens with one attached hydrogen (secondary N) is 1. The molecule has 0 aliphatic rings. The van der Waals surface area contributed by atoms with Crippen LogP contribution in [0.1, 0.15) is 34.1 Å². The molecule has 0 radical (unpaired) electrons. The van der Waals surface area contributed by atoms with Gasteiger partial charge in [-0.25, -0.2) is 0 Å². The van der Waals surface area contributed by atoms with E-state index >= 15 is 0 Å². The molecule has 0 rings (SSSR count). The second kappa shape index (κ2) is 6.42. The number of primary amides is 1. The summed E-state index contributed by atoms with van der Waals surface area (Å²) in [5.41, 5.74) is 4.53. The molecule has 0 bridgehead atoms. The Balaban J connectivity index is 4.43. The summed E-state index contributed by atoms with van der Waals surface area (Å²) < 4.78 is 0. The molecule has 0 spiro atoms. The fourth-order valence-electron chi connectivity index (χ4n) is 1.39. The number of hydrogen-bond acceptors (Lipinski definition) is 2. The van der Waals surface area contributed by atoms with Crippen molar-refractivity contribution in [3.8, 4) is 0 Å². The van der Waals surface area contributed by atoms with Gasteiger partial charge in [0.1, 0.15) is 0 Å². The molecule has 1 atom stereocenters. The summed E-state index contributed by atoms with van der Waals surface area (Å²) in [5.74, 6) is -0.322. The van der Waals surface area contributed by atoms with E-state index in [1.165, 1.54) is 0 Å². The topological polar surface area (TPSA) is 72.2 Å². The highest BCUT2D eigenvalue weighted by Gasteiger charge is 2.27. The maximum atomic E-state index is 11.9. The van der Waals surface area contributed by atoms with Gasteiger partial charge >= 0.3 is 0 Å². The normalized spacial score (nSPS) is 13.2. The Morgan fingerprint density at radius 3 is 2.29 bits per heavy atom. The van der Waals surface area contributed by atoms with E-state index in [0.717, 1.165) is 0 Å². The van der Waals surface area contributed by atoms with Crippen LogP contribution < -0.4 is 11.1 Å². The van der Waals surface area contributed by atoms with Crippen LogP contribution in [0.15, 0.2) is 12.7 Å². The molecule has 0 aromatic rings. The zero-order chi connectivity index (χ0) is 13.6. The molecule has 0 unspecified atom stereocenters. The van der Waals surface area contributed by atoms with Crippen LogP contribution in [0.4, 0.5) is 0 Å². The molecule has 0 aromatic carbocycles. The Bertz CT molecular complexity index is 296. The third-order valence-electron chi connectivity index (χ3n) is 2.93. The molecule has 3 N–H and O–H groups in total. The van der Waals surface area contributed by atoms with Gasteiger partial charge in [0, 0.05) is 12.5 Å². The van der Waals surface area contributed by atoms with Crippen molar-refractivity contribution >= 4 is 11.8 Å². The minimum absolute atomic E-state index is 0.0470. The van der Waals surface area contributed by atoms with Crippen molar-refractivity contribution in [2.75, 3.05) is 6.54 Å². The SMILES string of the molecule is C=CC[C@H](C(=O)NCC(C)(C)C(N)=O)C(C)C. The average molecular weight is 240 g/mol. The van der Waals surface area contributed by atoms with Crippen LogP contribution in [0, 0.1) is 17.3 Å². The molecule has 0 fully saturated rings. The van der Waals surface area contributed by atoms with Crippen molar-refractivity contribution in [1.29, 1.82) is 0 Å². The summed E-state index contributed by atoms with van der Waals surface area (Å²) in [6, 6.07) is 0. The molecule has 98 valence electrons. The van der Waals surface area contributed by atoms with E-state index in [9.17, 15) is 9.59 Å². The monoisotopic (exact) mass is 240 g/mol. The van der Waals surface area contributed by atoms with Gasteiger partial charge in [-0.05, 0) is 26.2 Å². The lowest BCUT2D eigenvalue weighted by molar-refractivity contribution is -0.129. The van der Waals surface area contributed by atoms with Crippen LogP contribution >= 0.6 is 0 Å². The predicted molar refractivity (Wildman–Crippen MR) is 69.1 cm³/mol. The summed E-state index contributed by atoms with van der Waals surface area (Å²) in [6.07, 6.45) is 2.38. The molecular formula is C13H24N2O2. The van der Waals surface area contributed by atoms with Gasteiger partial charge in [0.15, 0.2) is 0 Å². The molecule has 0 saturated carbocycles. The molecule has 0 saturated heterocycles. The van der Waals surface area contributed by atoms with E-state index in [2.05, 4.69) is 11.9 Å². The first-order chi connectivity index (χ1) is 7.72. The highest BCUT2D eigenvalue weighted by atomic mass is 16.2. The van der Waals surface area contributed by atoms with Gasteiger partial charge in [0.2, 0.25) is 11.8 Å². The Morgan fingerprint density at radius 2 is 1.94 bits per heavy atom. The third kappa shape index (κ3) is 5.02. The van der Waals surface area contributed by atoms with Crippen molar-refractivity contribution in [1.82, 2.24) is 5.32 Å². The lowest BCUT2D eigenvalue weighted by Gasteiger charge is -2.24. The van der Waals surface area contributed by atoms with Crippen LogP contribution in [-0.2, 0) is 9.59 Å². The number of allylic oxidation sites excluding steroid dienone is 1. The molecule has 0 aliphatic carbocycles. The molecule has 0 heterocycles. The zero-order valence-electron chi connectivity index (χ0n) is 11.2. The van der Waals surface area contributed by atoms with Crippen LogP contribution in [0.5, 0.6) is 0 Å². The third-order valence-corrected chi connectivity index (χ3v) is 2.93. The largest absolute Gasteiger partial charge is 0.369 e. The van der Waals surface area contributed by atoms with E-state index in [1.807, 2.05) is 13.8 Å². The van der Waals surface area contributed by atoms with Crippen molar-refractivity contribution in [2.24, 2.45) is 23.0 Å². The van der Waals surface area contributed by atoms with E-state index in [-0.39, 0.29) is 24.3 Å². The number of carbonyl (C=O) groups is 2. The quantitative estimate of drug-likeness (QED) is 0.661. The van der Waals surface area contributed by atoms with Gasteiger partial charge in [0.05, 0.1) is 5.41 Å². The first-order valence-electron chi connectivity index (χ1n) is 5.91. The molecular weight excluding hydrogens is 216 g/mol. The molecule has 0 aromatic heterocycles.